The summed E-state index contributed by atoms with van der Waals surface area (Å²) in [5, 5.41) is 4.35. The average molecular weight is 379 g/mol. The van der Waals surface area contributed by atoms with Gasteiger partial charge in [-0.05, 0) is 56.3 Å². The highest BCUT2D eigenvalue weighted by molar-refractivity contribution is 6.31. The number of likely N-dealkylation sites (tertiary alicyclic amines) is 1. The molecule has 2 aromatic rings. The second-order valence-electron chi connectivity index (χ2n) is 6.06. The number of nitrogens with one attached hydrogen (secondary N) is 1. The van der Waals surface area contributed by atoms with Crippen molar-refractivity contribution >= 4 is 29.1 Å². The van der Waals surface area contributed by atoms with E-state index in [0.29, 0.717) is 46.2 Å². The summed E-state index contributed by atoms with van der Waals surface area (Å²) in [6.07, 6.45) is 1.88. The maximum Gasteiger partial charge on any atom is 0.257 e. The molecule has 132 valence electrons. The van der Waals surface area contributed by atoms with Gasteiger partial charge in [-0.2, -0.15) is 0 Å². The number of carbonyl (C=O) groups is 1. The summed E-state index contributed by atoms with van der Waals surface area (Å²) in [6, 6.07) is 12.6. The fraction of sp³-hybridized carbons (Fsp3) is 0.316. The van der Waals surface area contributed by atoms with Crippen LogP contribution in [-0.4, -0.2) is 37.0 Å². The number of piperidine rings is 1. The number of carbonyl (C=O) groups excluding carboxylic acids is 1. The van der Waals surface area contributed by atoms with Gasteiger partial charge in [0.05, 0.1) is 5.56 Å². The summed E-state index contributed by atoms with van der Waals surface area (Å²) in [5.41, 5.74) is 0.468. The van der Waals surface area contributed by atoms with E-state index in [1.54, 1.807) is 42.5 Å². The molecule has 2 aromatic carbocycles. The number of hydrogen-bond acceptors (Lipinski definition) is 3. The molecule has 4 nitrogen and oxygen atoms in total. The van der Waals surface area contributed by atoms with Gasteiger partial charge in [0.1, 0.15) is 11.5 Å². The molecule has 1 heterocycles. The third-order valence-electron chi connectivity index (χ3n) is 4.39. The normalized spacial score (nSPS) is 15.2. The second kappa shape index (κ2) is 8.09. The molecule has 0 atom stereocenters. The molecule has 1 aliphatic rings. The third-order valence-corrected chi connectivity index (χ3v) is 4.86. The molecule has 0 radical (unpaired) electrons. The minimum Gasteiger partial charge on any atom is -0.456 e. The molecule has 0 spiro atoms. The number of ether oxygens (including phenoxy) is 1. The molecule has 6 heteroatoms. The molecule has 0 unspecified atom stereocenters. The lowest BCUT2D eigenvalue weighted by Gasteiger charge is -2.32. The lowest BCUT2D eigenvalue weighted by Crippen LogP contribution is -2.44. The molecule has 0 aromatic heterocycles. The zero-order chi connectivity index (χ0) is 17.8. The van der Waals surface area contributed by atoms with Gasteiger partial charge in [-0.25, -0.2) is 0 Å². The van der Waals surface area contributed by atoms with Gasteiger partial charge < -0.3 is 15.0 Å². The predicted molar refractivity (Wildman–Crippen MR) is 101 cm³/mol. The second-order valence-corrected chi connectivity index (χ2v) is 6.93. The van der Waals surface area contributed by atoms with Gasteiger partial charge in [0.25, 0.3) is 5.91 Å². The van der Waals surface area contributed by atoms with Gasteiger partial charge >= 0.3 is 0 Å². The number of nitrogens with zero attached hydrogens (tertiary/aromatic N) is 1. The van der Waals surface area contributed by atoms with E-state index in [2.05, 4.69) is 5.32 Å². The molecule has 1 saturated heterocycles. The van der Waals surface area contributed by atoms with Crippen molar-refractivity contribution in [1.82, 2.24) is 10.2 Å². The summed E-state index contributed by atoms with van der Waals surface area (Å²) in [6.45, 7) is 1.43. The van der Waals surface area contributed by atoms with Crippen molar-refractivity contribution in [2.45, 2.75) is 18.9 Å². The Morgan fingerprint density at radius 2 is 1.84 bits per heavy atom. The van der Waals surface area contributed by atoms with Crippen LogP contribution in [0.2, 0.25) is 10.0 Å². The highest BCUT2D eigenvalue weighted by Crippen LogP contribution is 2.30. The molecular formula is C19H20Cl2N2O2. The highest BCUT2D eigenvalue weighted by Gasteiger charge is 2.25. The first-order valence-electron chi connectivity index (χ1n) is 8.26. The number of rotatable bonds is 4. The van der Waals surface area contributed by atoms with Crippen LogP contribution in [0.15, 0.2) is 42.5 Å². The van der Waals surface area contributed by atoms with Crippen molar-refractivity contribution < 1.29 is 9.53 Å². The first-order chi connectivity index (χ1) is 12.1. The van der Waals surface area contributed by atoms with Crippen LogP contribution in [-0.2, 0) is 0 Å². The topological polar surface area (TPSA) is 41.6 Å². The van der Waals surface area contributed by atoms with Crippen LogP contribution in [0.4, 0.5) is 0 Å². The van der Waals surface area contributed by atoms with Crippen LogP contribution in [0.25, 0.3) is 0 Å². The first kappa shape index (κ1) is 18.1. The molecule has 1 aliphatic heterocycles. The van der Waals surface area contributed by atoms with E-state index in [4.69, 9.17) is 27.9 Å². The molecule has 0 bridgehead atoms. The lowest BCUT2D eigenvalue weighted by atomic mass is 10.0. The Morgan fingerprint density at radius 1 is 1.12 bits per heavy atom. The standard InChI is InChI=1S/C19H20Cl2N2O2/c1-22-15-7-9-23(10-8-15)19(24)17-12-14(21)5-6-18(17)25-16-4-2-3-13(20)11-16/h2-6,11-12,15,22H,7-10H2,1H3. The van der Waals surface area contributed by atoms with Gasteiger partial charge in [0, 0.05) is 29.2 Å². The Kier molecular flexibility index (Phi) is 5.84. The third kappa shape index (κ3) is 4.46. The fourth-order valence-corrected chi connectivity index (χ4v) is 3.31. The van der Waals surface area contributed by atoms with Crippen molar-refractivity contribution in [3.63, 3.8) is 0 Å². The summed E-state index contributed by atoms with van der Waals surface area (Å²) >= 11 is 12.1. The minimum atomic E-state index is -0.0610. The molecular weight excluding hydrogens is 359 g/mol. The monoisotopic (exact) mass is 378 g/mol. The highest BCUT2D eigenvalue weighted by atomic mass is 35.5. The molecule has 3 rings (SSSR count). The van der Waals surface area contributed by atoms with E-state index in [0.717, 1.165) is 12.8 Å². The number of amides is 1. The molecule has 25 heavy (non-hydrogen) atoms. The van der Waals surface area contributed by atoms with Gasteiger partial charge in [0.15, 0.2) is 0 Å². The molecule has 1 N–H and O–H groups in total. The smallest absolute Gasteiger partial charge is 0.257 e. The maximum absolute atomic E-state index is 13.0. The van der Waals surface area contributed by atoms with Crippen LogP contribution in [0.3, 0.4) is 0 Å². The Morgan fingerprint density at radius 3 is 2.52 bits per heavy atom. The Hall–Kier alpha value is -1.75. The van der Waals surface area contributed by atoms with E-state index < -0.39 is 0 Å². The summed E-state index contributed by atoms with van der Waals surface area (Å²) < 4.78 is 5.90. The van der Waals surface area contributed by atoms with Gasteiger partial charge in [-0.15, -0.1) is 0 Å². The molecule has 1 amide bonds. The van der Waals surface area contributed by atoms with E-state index in [-0.39, 0.29) is 5.91 Å². The van der Waals surface area contributed by atoms with Crippen LogP contribution in [0.1, 0.15) is 23.2 Å². The van der Waals surface area contributed by atoms with E-state index >= 15 is 0 Å². The van der Waals surface area contributed by atoms with Crippen molar-refractivity contribution in [3.05, 3.63) is 58.1 Å². The van der Waals surface area contributed by atoms with Crippen molar-refractivity contribution in [3.8, 4) is 11.5 Å². The maximum atomic E-state index is 13.0. The van der Waals surface area contributed by atoms with Crippen molar-refractivity contribution in [2.75, 3.05) is 20.1 Å². The molecule has 1 fully saturated rings. The summed E-state index contributed by atoms with van der Waals surface area (Å²) in [5.74, 6) is 0.999. The fourth-order valence-electron chi connectivity index (χ4n) is 2.96. The minimum absolute atomic E-state index is 0.0610. The van der Waals surface area contributed by atoms with Crippen LogP contribution in [0.5, 0.6) is 11.5 Å². The number of halogens is 2. The quantitative estimate of drug-likeness (QED) is 0.844. The van der Waals surface area contributed by atoms with Crippen LogP contribution in [0, 0.1) is 0 Å². The van der Waals surface area contributed by atoms with Crippen LogP contribution >= 0.6 is 23.2 Å². The zero-order valence-corrected chi connectivity index (χ0v) is 15.5. The largest absolute Gasteiger partial charge is 0.456 e. The molecule has 0 saturated carbocycles. The predicted octanol–water partition coefficient (Wildman–Crippen LogP) is 4.61. The Balaban J connectivity index is 1.83. The number of hydrogen-bond donors (Lipinski definition) is 1. The zero-order valence-electron chi connectivity index (χ0n) is 14.0. The van der Waals surface area contributed by atoms with E-state index in [1.807, 2.05) is 11.9 Å². The Bertz CT molecular complexity index is 759. The first-order valence-corrected chi connectivity index (χ1v) is 9.02. The van der Waals surface area contributed by atoms with E-state index in [1.165, 1.54) is 0 Å². The van der Waals surface area contributed by atoms with E-state index in [9.17, 15) is 4.79 Å². The van der Waals surface area contributed by atoms with Gasteiger partial charge in [-0.1, -0.05) is 29.3 Å². The summed E-state index contributed by atoms with van der Waals surface area (Å²) in [4.78, 5) is 14.8. The van der Waals surface area contributed by atoms with Crippen molar-refractivity contribution in [2.24, 2.45) is 0 Å². The van der Waals surface area contributed by atoms with Gasteiger partial charge in [-0.3, -0.25) is 4.79 Å². The number of benzene rings is 2. The lowest BCUT2D eigenvalue weighted by molar-refractivity contribution is 0.0705. The Labute approximate surface area is 157 Å². The van der Waals surface area contributed by atoms with Gasteiger partial charge in [0.2, 0.25) is 0 Å². The molecule has 0 aliphatic carbocycles. The summed E-state index contributed by atoms with van der Waals surface area (Å²) in [7, 11) is 1.95. The van der Waals surface area contributed by atoms with Crippen LogP contribution < -0.4 is 10.1 Å². The SMILES string of the molecule is CNC1CCN(C(=O)c2cc(Cl)ccc2Oc2cccc(Cl)c2)CC1. The average Bonchev–Trinajstić information content (AvgIpc) is 2.63. The van der Waals surface area contributed by atoms with Crippen molar-refractivity contribution in [1.29, 1.82) is 0 Å².